The molecule has 0 saturated carbocycles. The molecule has 1 atom stereocenters. The molecule has 0 saturated heterocycles. The number of carbonyl (C=O) groups excluding carboxylic acids is 1. The lowest BCUT2D eigenvalue weighted by molar-refractivity contribution is 0.0562. The Hall–Kier alpha value is -1.66. The van der Waals surface area contributed by atoms with Crippen LogP contribution in [0.5, 0.6) is 0 Å². The lowest BCUT2D eigenvalue weighted by atomic mass is 10.00. The smallest absolute Gasteiger partial charge is 0.373 e. The van der Waals surface area contributed by atoms with E-state index in [1.807, 2.05) is 5.38 Å². The SMILES string of the molecule is CC[C@](C)(NCc1ccc(C(=O)OC)o1)c1nccs1. The maximum absolute atomic E-state index is 11.3. The molecule has 108 valence electrons. The molecule has 0 spiro atoms. The summed E-state index contributed by atoms with van der Waals surface area (Å²) in [6.07, 6.45) is 2.71. The van der Waals surface area contributed by atoms with E-state index in [2.05, 4.69) is 28.9 Å². The summed E-state index contributed by atoms with van der Waals surface area (Å²) in [5, 5.41) is 6.44. The van der Waals surface area contributed by atoms with Crippen LogP contribution in [-0.4, -0.2) is 18.1 Å². The second kappa shape index (κ2) is 6.19. The Labute approximate surface area is 122 Å². The third-order valence-electron chi connectivity index (χ3n) is 3.31. The Kier molecular flexibility index (Phi) is 4.57. The summed E-state index contributed by atoms with van der Waals surface area (Å²) in [5.41, 5.74) is -0.202. The zero-order valence-electron chi connectivity index (χ0n) is 11.8. The molecule has 0 bridgehead atoms. The lowest BCUT2D eigenvalue weighted by Gasteiger charge is -2.27. The molecule has 0 unspecified atom stereocenters. The number of nitrogens with zero attached hydrogens (tertiary/aromatic N) is 1. The maximum atomic E-state index is 11.3. The minimum Gasteiger partial charge on any atom is -0.463 e. The van der Waals surface area contributed by atoms with Crippen molar-refractivity contribution >= 4 is 17.3 Å². The third kappa shape index (κ3) is 3.08. The fraction of sp³-hybridized carbons (Fsp3) is 0.429. The molecule has 0 radical (unpaired) electrons. The van der Waals surface area contributed by atoms with E-state index in [0.717, 1.165) is 11.4 Å². The number of esters is 1. The van der Waals surface area contributed by atoms with Gasteiger partial charge in [0.15, 0.2) is 0 Å². The Morgan fingerprint density at radius 1 is 1.55 bits per heavy atom. The molecule has 20 heavy (non-hydrogen) atoms. The van der Waals surface area contributed by atoms with Crippen LogP contribution < -0.4 is 5.32 Å². The molecule has 2 aromatic rings. The average Bonchev–Trinajstić information content (AvgIpc) is 3.15. The molecule has 2 heterocycles. The molecule has 2 rings (SSSR count). The van der Waals surface area contributed by atoms with Gasteiger partial charge in [-0.2, -0.15) is 0 Å². The first kappa shape index (κ1) is 14.7. The highest BCUT2D eigenvalue weighted by Crippen LogP contribution is 2.26. The van der Waals surface area contributed by atoms with E-state index in [-0.39, 0.29) is 11.3 Å². The van der Waals surface area contributed by atoms with Gasteiger partial charge in [-0.3, -0.25) is 5.32 Å². The van der Waals surface area contributed by atoms with Crippen molar-refractivity contribution < 1.29 is 13.9 Å². The third-order valence-corrected chi connectivity index (χ3v) is 4.35. The summed E-state index contributed by atoms with van der Waals surface area (Å²) in [6.45, 7) is 4.74. The van der Waals surface area contributed by atoms with Gasteiger partial charge in [-0.25, -0.2) is 9.78 Å². The second-order valence-electron chi connectivity index (χ2n) is 4.63. The molecular formula is C14H18N2O3S. The van der Waals surface area contributed by atoms with Gasteiger partial charge >= 0.3 is 5.97 Å². The van der Waals surface area contributed by atoms with E-state index < -0.39 is 5.97 Å². The van der Waals surface area contributed by atoms with Crippen LogP contribution in [0, 0.1) is 0 Å². The van der Waals surface area contributed by atoms with Crippen LogP contribution in [-0.2, 0) is 16.8 Å². The predicted molar refractivity (Wildman–Crippen MR) is 76.6 cm³/mol. The number of ether oxygens (including phenoxy) is 1. The number of rotatable bonds is 6. The molecule has 0 aromatic carbocycles. The van der Waals surface area contributed by atoms with Crippen molar-refractivity contribution in [3.05, 3.63) is 40.2 Å². The summed E-state index contributed by atoms with van der Waals surface area (Å²) < 4.78 is 10.1. The number of carbonyl (C=O) groups is 1. The van der Waals surface area contributed by atoms with Crippen LogP contribution in [0.1, 0.15) is 41.6 Å². The van der Waals surface area contributed by atoms with Crippen molar-refractivity contribution in [1.29, 1.82) is 0 Å². The van der Waals surface area contributed by atoms with Crippen molar-refractivity contribution in [1.82, 2.24) is 10.3 Å². The highest BCUT2D eigenvalue weighted by atomic mass is 32.1. The van der Waals surface area contributed by atoms with Crippen LogP contribution >= 0.6 is 11.3 Å². The van der Waals surface area contributed by atoms with Crippen LogP contribution in [0.15, 0.2) is 28.1 Å². The molecule has 0 aliphatic heterocycles. The number of nitrogens with one attached hydrogen (secondary N) is 1. The van der Waals surface area contributed by atoms with Gasteiger partial charge in [-0.1, -0.05) is 6.92 Å². The van der Waals surface area contributed by atoms with Crippen LogP contribution in [0.2, 0.25) is 0 Å². The monoisotopic (exact) mass is 294 g/mol. The fourth-order valence-electron chi connectivity index (χ4n) is 1.81. The Morgan fingerprint density at radius 3 is 2.95 bits per heavy atom. The van der Waals surface area contributed by atoms with Gasteiger partial charge < -0.3 is 9.15 Å². The minimum absolute atomic E-state index is 0.202. The number of hydrogen-bond donors (Lipinski definition) is 1. The summed E-state index contributed by atoms with van der Waals surface area (Å²) in [4.78, 5) is 15.7. The minimum atomic E-state index is -0.463. The van der Waals surface area contributed by atoms with Gasteiger partial charge in [0.2, 0.25) is 5.76 Å². The highest BCUT2D eigenvalue weighted by molar-refractivity contribution is 7.09. The number of furan rings is 1. The van der Waals surface area contributed by atoms with Crippen molar-refractivity contribution in [2.75, 3.05) is 7.11 Å². The number of aromatic nitrogens is 1. The first-order valence-electron chi connectivity index (χ1n) is 6.41. The standard InChI is InChI=1S/C14H18N2O3S/c1-4-14(2,13-15-7-8-20-13)16-9-10-5-6-11(19-10)12(17)18-3/h5-8,16H,4,9H2,1-3H3/t14-/m0/s1. The molecule has 0 aliphatic rings. The topological polar surface area (TPSA) is 64.4 Å². The lowest BCUT2D eigenvalue weighted by Crippen LogP contribution is -2.38. The summed E-state index contributed by atoms with van der Waals surface area (Å²) in [7, 11) is 1.33. The van der Waals surface area contributed by atoms with Gasteiger partial charge in [-0.15, -0.1) is 11.3 Å². The van der Waals surface area contributed by atoms with Gasteiger partial charge in [-0.05, 0) is 25.5 Å². The van der Waals surface area contributed by atoms with Crippen molar-refractivity contribution in [2.45, 2.75) is 32.4 Å². The Balaban J connectivity index is 2.04. The maximum Gasteiger partial charge on any atom is 0.373 e. The van der Waals surface area contributed by atoms with Crippen molar-refractivity contribution in [2.24, 2.45) is 0 Å². The fourth-order valence-corrected chi connectivity index (χ4v) is 2.66. The quantitative estimate of drug-likeness (QED) is 0.830. The van der Waals surface area contributed by atoms with E-state index >= 15 is 0 Å². The number of hydrogen-bond acceptors (Lipinski definition) is 6. The van der Waals surface area contributed by atoms with E-state index in [4.69, 9.17) is 4.42 Å². The summed E-state index contributed by atoms with van der Waals surface area (Å²) in [5.74, 6) is 0.452. The molecule has 1 N–H and O–H groups in total. The summed E-state index contributed by atoms with van der Waals surface area (Å²) >= 11 is 1.62. The van der Waals surface area contributed by atoms with Crippen LogP contribution in [0.25, 0.3) is 0 Å². The molecule has 2 aromatic heterocycles. The van der Waals surface area contributed by atoms with Gasteiger partial charge in [0, 0.05) is 11.6 Å². The summed E-state index contributed by atoms with van der Waals surface area (Å²) in [6, 6.07) is 3.40. The molecule has 6 heteroatoms. The zero-order valence-corrected chi connectivity index (χ0v) is 12.6. The number of methoxy groups -OCH3 is 1. The molecule has 0 aliphatic carbocycles. The van der Waals surface area contributed by atoms with E-state index in [9.17, 15) is 4.79 Å². The van der Waals surface area contributed by atoms with Gasteiger partial charge in [0.1, 0.15) is 10.8 Å². The average molecular weight is 294 g/mol. The van der Waals surface area contributed by atoms with E-state index in [0.29, 0.717) is 12.3 Å². The largest absolute Gasteiger partial charge is 0.463 e. The zero-order chi connectivity index (χ0) is 14.6. The Bertz CT molecular complexity index is 565. The van der Waals surface area contributed by atoms with Gasteiger partial charge in [0.05, 0.1) is 19.2 Å². The molecular weight excluding hydrogens is 276 g/mol. The molecule has 5 nitrogen and oxygen atoms in total. The first-order valence-corrected chi connectivity index (χ1v) is 7.29. The van der Waals surface area contributed by atoms with E-state index in [1.165, 1.54) is 7.11 Å². The highest BCUT2D eigenvalue weighted by Gasteiger charge is 2.27. The Morgan fingerprint density at radius 2 is 2.35 bits per heavy atom. The van der Waals surface area contributed by atoms with Gasteiger partial charge in [0.25, 0.3) is 0 Å². The normalized spacial score (nSPS) is 13.9. The van der Waals surface area contributed by atoms with E-state index in [1.54, 1.807) is 29.7 Å². The first-order chi connectivity index (χ1) is 9.59. The second-order valence-corrected chi connectivity index (χ2v) is 5.53. The predicted octanol–water partition coefficient (Wildman–Crippen LogP) is 2.94. The van der Waals surface area contributed by atoms with Crippen molar-refractivity contribution in [3.63, 3.8) is 0 Å². The van der Waals surface area contributed by atoms with Crippen LogP contribution in [0.4, 0.5) is 0 Å². The molecule has 0 amide bonds. The van der Waals surface area contributed by atoms with Crippen LogP contribution in [0.3, 0.4) is 0 Å². The number of thiazole rings is 1. The van der Waals surface area contributed by atoms with Crippen molar-refractivity contribution in [3.8, 4) is 0 Å². The molecule has 0 fully saturated rings.